The number of esters is 2. The maximum absolute atomic E-state index is 12.9. The first kappa shape index (κ1) is 20.8. The third-order valence-corrected chi connectivity index (χ3v) is 4.59. The van der Waals surface area contributed by atoms with Crippen LogP contribution >= 0.6 is 0 Å². The van der Waals surface area contributed by atoms with E-state index < -0.39 is 23.9 Å². The first-order chi connectivity index (χ1) is 14.4. The molecule has 2 aromatic carbocycles. The molecule has 1 atom stereocenters. The van der Waals surface area contributed by atoms with Crippen LogP contribution in [0.2, 0.25) is 0 Å². The van der Waals surface area contributed by atoms with Gasteiger partial charge in [0.15, 0.2) is 0 Å². The van der Waals surface area contributed by atoms with Crippen LogP contribution in [-0.4, -0.2) is 51.1 Å². The van der Waals surface area contributed by atoms with Gasteiger partial charge in [-0.05, 0) is 42.5 Å². The Labute approximate surface area is 172 Å². The summed E-state index contributed by atoms with van der Waals surface area (Å²) in [6.07, 6.45) is -0.0825. The number of anilines is 2. The number of hydrogen-bond donors (Lipinski definition) is 1. The Balaban J connectivity index is 1.86. The van der Waals surface area contributed by atoms with Gasteiger partial charge in [-0.1, -0.05) is 0 Å². The number of ether oxygens (including phenoxy) is 3. The minimum atomic E-state index is -0.863. The fourth-order valence-corrected chi connectivity index (χ4v) is 3.13. The molecule has 1 unspecified atom stereocenters. The fourth-order valence-electron chi connectivity index (χ4n) is 3.13. The Bertz CT molecular complexity index is 967. The summed E-state index contributed by atoms with van der Waals surface area (Å²) >= 11 is 0. The average Bonchev–Trinajstić information content (AvgIpc) is 3.05. The maximum Gasteiger partial charge on any atom is 0.337 e. The number of carbonyl (C=O) groups is 4. The number of nitrogens with one attached hydrogen (secondary N) is 1. The van der Waals surface area contributed by atoms with Crippen molar-refractivity contribution >= 4 is 35.1 Å². The van der Waals surface area contributed by atoms with Gasteiger partial charge >= 0.3 is 11.9 Å². The first-order valence-electron chi connectivity index (χ1n) is 8.97. The molecule has 2 amide bonds. The summed E-state index contributed by atoms with van der Waals surface area (Å²) in [6, 6.07) is 9.87. The first-order valence-corrected chi connectivity index (χ1v) is 8.97. The molecule has 1 aliphatic heterocycles. The third-order valence-electron chi connectivity index (χ3n) is 4.59. The Morgan fingerprint density at radius 1 is 0.933 bits per heavy atom. The number of nitrogens with zero attached hydrogens (tertiary/aromatic N) is 1. The zero-order chi connectivity index (χ0) is 21.8. The van der Waals surface area contributed by atoms with Crippen molar-refractivity contribution in [3.05, 3.63) is 53.6 Å². The summed E-state index contributed by atoms with van der Waals surface area (Å²) in [5.74, 6) is -1.54. The summed E-state index contributed by atoms with van der Waals surface area (Å²) < 4.78 is 14.5. The number of rotatable bonds is 6. The monoisotopic (exact) mass is 412 g/mol. The topological polar surface area (TPSA) is 111 Å². The van der Waals surface area contributed by atoms with Gasteiger partial charge in [-0.15, -0.1) is 0 Å². The molecule has 1 fully saturated rings. The summed E-state index contributed by atoms with van der Waals surface area (Å²) in [5, 5.41) is 2.93. The predicted molar refractivity (Wildman–Crippen MR) is 107 cm³/mol. The number of amides is 2. The fraction of sp³-hybridized carbons (Fsp3) is 0.238. The Morgan fingerprint density at radius 2 is 1.50 bits per heavy atom. The van der Waals surface area contributed by atoms with E-state index in [1.54, 1.807) is 24.3 Å². The molecule has 0 spiro atoms. The van der Waals surface area contributed by atoms with Crippen LogP contribution in [0.4, 0.5) is 11.4 Å². The van der Waals surface area contributed by atoms with Crippen LogP contribution in [0.1, 0.15) is 27.1 Å². The van der Waals surface area contributed by atoms with Crippen molar-refractivity contribution in [2.45, 2.75) is 12.5 Å². The van der Waals surface area contributed by atoms with E-state index in [0.29, 0.717) is 17.1 Å². The van der Waals surface area contributed by atoms with E-state index in [0.717, 1.165) is 4.90 Å². The molecule has 3 rings (SSSR count). The lowest BCUT2D eigenvalue weighted by atomic mass is 10.1. The lowest BCUT2D eigenvalue weighted by molar-refractivity contribution is -0.121. The van der Waals surface area contributed by atoms with E-state index in [1.165, 1.54) is 39.5 Å². The molecule has 0 aromatic heterocycles. The molecule has 156 valence electrons. The van der Waals surface area contributed by atoms with Gasteiger partial charge in [-0.3, -0.25) is 9.59 Å². The average molecular weight is 412 g/mol. The maximum atomic E-state index is 12.9. The molecular weight excluding hydrogens is 392 g/mol. The van der Waals surface area contributed by atoms with Crippen LogP contribution < -0.4 is 15.0 Å². The molecular formula is C21H20N2O7. The van der Waals surface area contributed by atoms with Crippen LogP contribution in [0.5, 0.6) is 5.75 Å². The van der Waals surface area contributed by atoms with E-state index in [4.69, 9.17) is 14.2 Å². The van der Waals surface area contributed by atoms with E-state index in [9.17, 15) is 19.2 Å². The molecule has 0 radical (unpaired) electrons. The molecule has 1 aliphatic rings. The Morgan fingerprint density at radius 3 is 2.00 bits per heavy atom. The quantitative estimate of drug-likeness (QED) is 0.567. The molecule has 0 saturated carbocycles. The van der Waals surface area contributed by atoms with Gasteiger partial charge in [0.25, 0.3) is 5.91 Å². The highest BCUT2D eigenvalue weighted by Crippen LogP contribution is 2.27. The van der Waals surface area contributed by atoms with E-state index >= 15 is 0 Å². The number of benzene rings is 2. The van der Waals surface area contributed by atoms with Gasteiger partial charge in [0.05, 0.1) is 44.6 Å². The van der Waals surface area contributed by atoms with Crippen LogP contribution in [0, 0.1) is 0 Å². The normalized spacial score (nSPS) is 15.7. The van der Waals surface area contributed by atoms with Crippen molar-refractivity contribution in [1.82, 2.24) is 0 Å². The van der Waals surface area contributed by atoms with Crippen molar-refractivity contribution < 1.29 is 33.4 Å². The minimum Gasteiger partial charge on any atom is -0.497 e. The summed E-state index contributed by atoms with van der Waals surface area (Å²) in [7, 11) is 3.95. The van der Waals surface area contributed by atoms with Crippen molar-refractivity contribution in [3.8, 4) is 5.75 Å². The van der Waals surface area contributed by atoms with Crippen LogP contribution in [0.15, 0.2) is 42.5 Å². The highest BCUT2D eigenvalue weighted by atomic mass is 16.5. The minimum absolute atomic E-state index is 0.0825. The lowest BCUT2D eigenvalue weighted by Gasteiger charge is -2.17. The summed E-state index contributed by atoms with van der Waals surface area (Å²) in [5.41, 5.74) is 0.938. The molecule has 30 heavy (non-hydrogen) atoms. The van der Waals surface area contributed by atoms with E-state index in [-0.39, 0.29) is 23.5 Å². The molecule has 2 aromatic rings. The second kappa shape index (κ2) is 8.64. The summed E-state index contributed by atoms with van der Waals surface area (Å²) in [6.45, 7) is 0. The number of hydrogen-bond acceptors (Lipinski definition) is 8. The molecule has 1 heterocycles. The highest BCUT2D eigenvalue weighted by molar-refractivity contribution is 6.23. The van der Waals surface area contributed by atoms with Gasteiger partial charge in [-0.25, -0.2) is 14.5 Å². The number of carbonyl (C=O) groups excluding carboxylic acids is 4. The molecule has 0 aliphatic carbocycles. The molecule has 9 nitrogen and oxygen atoms in total. The number of imide groups is 1. The van der Waals surface area contributed by atoms with Crippen molar-refractivity contribution in [3.63, 3.8) is 0 Å². The van der Waals surface area contributed by atoms with Crippen molar-refractivity contribution in [2.24, 2.45) is 0 Å². The van der Waals surface area contributed by atoms with Gasteiger partial charge in [0, 0.05) is 5.69 Å². The van der Waals surface area contributed by atoms with Gasteiger partial charge in [0.2, 0.25) is 5.91 Å². The summed E-state index contributed by atoms with van der Waals surface area (Å²) in [4.78, 5) is 50.3. The van der Waals surface area contributed by atoms with Crippen LogP contribution in [0.3, 0.4) is 0 Å². The lowest BCUT2D eigenvalue weighted by Crippen LogP contribution is -2.34. The van der Waals surface area contributed by atoms with Gasteiger partial charge in [-0.2, -0.15) is 0 Å². The Kier molecular flexibility index (Phi) is 6.01. The molecule has 1 N–H and O–H groups in total. The molecule has 9 heteroatoms. The van der Waals surface area contributed by atoms with Crippen LogP contribution in [0.25, 0.3) is 0 Å². The van der Waals surface area contributed by atoms with E-state index in [1.807, 2.05) is 0 Å². The molecule has 0 bridgehead atoms. The second-order valence-electron chi connectivity index (χ2n) is 6.45. The van der Waals surface area contributed by atoms with E-state index in [2.05, 4.69) is 5.32 Å². The van der Waals surface area contributed by atoms with Gasteiger partial charge < -0.3 is 19.5 Å². The molecule has 1 saturated heterocycles. The largest absolute Gasteiger partial charge is 0.497 e. The van der Waals surface area contributed by atoms with Crippen molar-refractivity contribution in [2.75, 3.05) is 31.5 Å². The standard InChI is InChI=1S/C21H20N2O7/c1-28-16-6-4-15(5-7-16)23-18(24)11-17(19(23)25)22-14-9-12(20(26)29-2)8-13(10-14)21(27)30-3/h4-10,17,22H,11H2,1-3H3. The smallest absolute Gasteiger partial charge is 0.337 e. The van der Waals surface area contributed by atoms with Gasteiger partial charge in [0.1, 0.15) is 11.8 Å². The zero-order valence-electron chi connectivity index (χ0n) is 16.6. The highest BCUT2D eigenvalue weighted by Gasteiger charge is 2.39. The van der Waals surface area contributed by atoms with Crippen molar-refractivity contribution in [1.29, 1.82) is 0 Å². The number of methoxy groups -OCH3 is 3. The second-order valence-corrected chi connectivity index (χ2v) is 6.45. The third kappa shape index (κ3) is 4.09. The Hall–Kier alpha value is -3.88. The SMILES string of the molecule is COC(=O)c1cc(NC2CC(=O)N(c3ccc(OC)cc3)C2=O)cc(C(=O)OC)c1. The zero-order valence-corrected chi connectivity index (χ0v) is 16.6. The predicted octanol–water partition coefficient (Wildman–Crippen LogP) is 2.01. The van der Waals surface area contributed by atoms with Crippen LogP contribution in [-0.2, 0) is 19.1 Å².